The van der Waals surface area contributed by atoms with Gasteiger partial charge in [0.15, 0.2) is 5.69 Å². The third-order valence-corrected chi connectivity index (χ3v) is 4.02. The minimum absolute atomic E-state index is 0.200. The van der Waals surface area contributed by atoms with Crippen LogP contribution in [-0.4, -0.2) is 24.1 Å². The topological polar surface area (TPSA) is 51.2 Å². The van der Waals surface area contributed by atoms with Crippen molar-refractivity contribution in [3.05, 3.63) is 21.4 Å². The molecule has 0 saturated heterocycles. The zero-order chi connectivity index (χ0) is 13.1. The number of anilines is 1. The molecule has 0 radical (unpaired) electrons. The first-order valence-corrected chi connectivity index (χ1v) is 7.00. The Labute approximate surface area is 119 Å². The summed E-state index contributed by atoms with van der Waals surface area (Å²) in [5.74, 6) is -0.501. The van der Waals surface area contributed by atoms with Crippen LogP contribution in [0.25, 0.3) is 0 Å². The molecule has 1 aliphatic rings. The Morgan fingerprint density at radius 3 is 2.83 bits per heavy atom. The van der Waals surface area contributed by atoms with Gasteiger partial charge in [-0.15, -0.1) is 0 Å². The highest BCUT2D eigenvalue weighted by Gasteiger charge is 2.20. The first-order valence-electron chi connectivity index (χ1n) is 5.82. The summed E-state index contributed by atoms with van der Waals surface area (Å²) in [6.45, 7) is 0. The number of methoxy groups -OCH3 is 1. The third-order valence-electron chi connectivity index (χ3n) is 3.02. The van der Waals surface area contributed by atoms with Crippen molar-refractivity contribution in [2.75, 3.05) is 12.4 Å². The molecule has 1 heterocycles. The number of rotatable bonds is 3. The third kappa shape index (κ3) is 2.95. The van der Waals surface area contributed by atoms with E-state index >= 15 is 0 Å². The van der Waals surface area contributed by atoms with Gasteiger partial charge < -0.3 is 10.1 Å². The molecule has 0 amide bonds. The van der Waals surface area contributed by atoms with E-state index in [1.165, 1.54) is 20.0 Å². The van der Waals surface area contributed by atoms with Crippen molar-refractivity contribution in [1.29, 1.82) is 0 Å². The number of nitrogens with one attached hydrogen (secondary N) is 1. The Morgan fingerprint density at radius 1 is 1.56 bits per heavy atom. The molecule has 6 heteroatoms. The number of hydrogen-bond acceptors (Lipinski definition) is 4. The molecule has 0 bridgehead atoms. The van der Waals surface area contributed by atoms with Crippen molar-refractivity contribution in [3.63, 3.8) is 0 Å². The van der Waals surface area contributed by atoms with Gasteiger partial charge in [-0.25, -0.2) is 9.78 Å². The number of pyridine rings is 1. The van der Waals surface area contributed by atoms with E-state index in [9.17, 15) is 4.79 Å². The number of nitrogens with zero attached hydrogens (tertiary/aromatic N) is 1. The van der Waals surface area contributed by atoms with Gasteiger partial charge in [-0.2, -0.15) is 0 Å². The smallest absolute Gasteiger partial charge is 0.357 e. The Bertz CT molecular complexity index is 462. The molecule has 1 fully saturated rings. The summed E-state index contributed by atoms with van der Waals surface area (Å²) in [6, 6.07) is 2.15. The standard InChI is InChI=1S/C12H14BrClN2O2/c1-18-12(17)11-10(13)8(6-9(14)16-11)15-7-4-2-3-5-7/h6-7H,2-5H2,1H3,(H,15,16). The van der Waals surface area contributed by atoms with Gasteiger partial charge in [0, 0.05) is 6.04 Å². The van der Waals surface area contributed by atoms with Crippen LogP contribution in [-0.2, 0) is 4.74 Å². The fourth-order valence-electron chi connectivity index (χ4n) is 2.13. The van der Waals surface area contributed by atoms with E-state index in [4.69, 9.17) is 11.6 Å². The number of esters is 1. The Kier molecular flexibility index (Phi) is 4.45. The van der Waals surface area contributed by atoms with Gasteiger partial charge >= 0.3 is 5.97 Å². The molecule has 0 aromatic carbocycles. The van der Waals surface area contributed by atoms with E-state index in [0.29, 0.717) is 10.5 Å². The monoisotopic (exact) mass is 332 g/mol. The lowest BCUT2D eigenvalue weighted by atomic mass is 10.2. The normalized spacial score (nSPS) is 15.7. The second-order valence-corrected chi connectivity index (χ2v) is 5.45. The van der Waals surface area contributed by atoms with Gasteiger partial charge in [-0.1, -0.05) is 24.4 Å². The Hall–Kier alpha value is -0.810. The van der Waals surface area contributed by atoms with Gasteiger partial charge in [0.2, 0.25) is 0 Å². The van der Waals surface area contributed by atoms with E-state index in [0.717, 1.165) is 18.5 Å². The maximum Gasteiger partial charge on any atom is 0.357 e. The SMILES string of the molecule is COC(=O)c1nc(Cl)cc(NC2CCCC2)c1Br. The highest BCUT2D eigenvalue weighted by Crippen LogP contribution is 2.31. The maximum atomic E-state index is 11.6. The molecule has 0 unspecified atom stereocenters. The molecule has 1 N–H and O–H groups in total. The lowest BCUT2D eigenvalue weighted by Gasteiger charge is -2.16. The number of carbonyl (C=O) groups excluding carboxylic acids is 1. The van der Waals surface area contributed by atoms with E-state index in [2.05, 4.69) is 31.0 Å². The van der Waals surface area contributed by atoms with Gasteiger partial charge in [-0.3, -0.25) is 0 Å². The number of halogens is 2. The molecule has 1 aromatic rings. The zero-order valence-corrected chi connectivity index (χ0v) is 12.3. The van der Waals surface area contributed by atoms with Crippen molar-refractivity contribution in [2.24, 2.45) is 0 Å². The predicted octanol–water partition coefficient (Wildman–Crippen LogP) is 3.64. The van der Waals surface area contributed by atoms with Gasteiger partial charge in [0.25, 0.3) is 0 Å². The van der Waals surface area contributed by atoms with Gasteiger partial charge in [0.05, 0.1) is 17.3 Å². The van der Waals surface area contributed by atoms with Crippen LogP contribution >= 0.6 is 27.5 Å². The highest BCUT2D eigenvalue weighted by atomic mass is 79.9. The molecule has 98 valence electrons. The maximum absolute atomic E-state index is 11.6. The Balaban J connectivity index is 2.28. The molecule has 0 aliphatic heterocycles. The lowest BCUT2D eigenvalue weighted by molar-refractivity contribution is 0.0593. The number of carbonyl (C=O) groups is 1. The van der Waals surface area contributed by atoms with Crippen molar-refractivity contribution in [3.8, 4) is 0 Å². The second-order valence-electron chi connectivity index (χ2n) is 4.27. The van der Waals surface area contributed by atoms with Crippen LogP contribution in [0.1, 0.15) is 36.2 Å². The minimum atomic E-state index is -0.501. The summed E-state index contributed by atoms with van der Waals surface area (Å²) in [5, 5.41) is 3.67. The lowest BCUT2D eigenvalue weighted by Crippen LogP contribution is -2.16. The first kappa shape index (κ1) is 13.6. The highest BCUT2D eigenvalue weighted by molar-refractivity contribution is 9.10. The van der Waals surface area contributed by atoms with Crippen LogP contribution in [0.2, 0.25) is 5.15 Å². The minimum Gasteiger partial charge on any atom is -0.464 e. The molecule has 1 aliphatic carbocycles. The van der Waals surface area contributed by atoms with E-state index in [-0.39, 0.29) is 10.8 Å². The van der Waals surface area contributed by atoms with Crippen molar-refractivity contribution >= 4 is 39.2 Å². The number of aromatic nitrogens is 1. The molecular formula is C12H14BrClN2O2. The molecule has 1 saturated carbocycles. The van der Waals surface area contributed by atoms with Crippen LogP contribution in [0.4, 0.5) is 5.69 Å². The Morgan fingerprint density at radius 2 is 2.22 bits per heavy atom. The largest absolute Gasteiger partial charge is 0.464 e. The number of ether oxygens (including phenoxy) is 1. The van der Waals surface area contributed by atoms with Gasteiger partial charge in [0.1, 0.15) is 5.15 Å². The molecule has 4 nitrogen and oxygen atoms in total. The van der Waals surface area contributed by atoms with Crippen LogP contribution in [0.5, 0.6) is 0 Å². The second kappa shape index (κ2) is 5.89. The van der Waals surface area contributed by atoms with Crippen LogP contribution in [0, 0.1) is 0 Å². The van der Waals surface area contributed by atoms with Crippen molar-refractivity contribution < 1.29 is 9.53 Å². The quantitative estimate of drug-likeness (QED) is 0.678. The average molecular weight is 334 g/mol. The van der Waals surface area contributed by atoms with Crippen LogP contribution in [0.3, 0.4) is 0 Å². The van der Waals surface area contributed by atoms with E-state index < -0.39 is 5.97 Å². The summed E-state index contributed by atoms with van der Waals surface area (Å²) >= 11 is 9.31. The van der Waals surface area contributed by atoms with Crippen molar-refractivity contribution in [1.82, 2.24) is 4.98 Å². The van der Waals surface area contributed by atoms with Crippen molar-refractivity contribution in [2.45, 2.75) is 31.7 Å². The molecule has 18 heavy (non-hydrogen) atoms. The zero-order valence-electron chi connectivity index (χ0n) is 10.0. The summed E-state index contributed by atoms with van der Waals surface area (Å²) < 4.78 is 5.28. The van der Waals surface area contributed by atoms with Crippen LogP contribution in [0.15, 0.2) is 10.5 Å². The van der Waals surface area contributed by atoms with E-state index in [1.807, 2.05) is 0 Å². The number of hydrogen-bond donors (Lipinski definition) is 1. The summed E-state index contributed by atoms with van der Waals surface area (Å²) in [6.07, 6.45) is 4.75. The fourth-order valence-corrected chi connectivity index (χ4v) is 2.80. The van der Waals surface area contributed by atoms with Crippen LogP contribution < -0.4 is 5.32 Å². The summed E-state index contributed by atoms with van der Waals surface area (Å²) in [7, 11) is 1.32. The molecule has 0 atom stereocenters. The predicted molar refractivity (Wildman–Crippen MR) is 74.2 cm³/mol. The molecule has 1 aromatic heterocycles. The molecular weight excluding hydrogens is 320 g/mol. The average Bonchev–Trinajstić information content (AvgIpc) is 2.85. The summed E-state index contributed by atoms with van der Waals surface area (Å²) in [5.41, 5.74) is 0.993. The molecule has 0 spiro atoms. The fraction of sp³-hybridized carbons (Fsp3) is 0.500. The molecule has 2 rings (SSSR count). The van der Waals surface area contributed by atoms with Gasteiger partial charge in [-0.05, 0) is 34.8 Å². The first-order chi connectivity index (χ1) is 8.61. The summed E-state index contributed by atoms with van der Waals surface area (Å²) in [4.78, 5) is 15.6. The van der Waals surface area contributed by atoms with E-state index in [1.54, 1.807) is 6.07 Å².